The van der Waals surface area contributed by atoms with E-state index >= 15 is 0 Å². The summed E-state index contributed by atoms with van der Waals surface area (Å²) in [6, 6.07) is 0. The van der Waals surface area contributed by atoms with Crippen molar-refractivity contribution >= 4 is 0 Å². The smallest absolute Gasteiger partial charge is 0.0625 e. The van der Waals surface area contributed by atoms with E-state index in [9.17, 15) is 19.6 Å². The van der Waals surface area contributed by atoms with Crippen LogP contribution in [-0.2, 0) is 0 Å². The number of hydrogen-bond donors (Lipinski definition) is 2. The molecule has 0 amide bonds. The second kappa shape index (κ2) is 28.3. The number of nitroso groups, excluding NO2 is 4. The van der Waals surface area contributed by atoms with E-state index in [4.69, 9.17) is 10.2 Å². The summed E-state index contributed by atoms with van der Waals surface area (Å²) in [5, 5.41) is 31.9. The number of nitrogens with zero attached hydrogens (tertiary/aromatic N) is 8. The van der Waals surface area contributed by atoms with Gasteiger partial charge in [0, 0.05) is 40.8 Å². The molecule has 0 fully saturated rings. The van der Waals surface area contributed by atoms with E-state index in [0.29, 0.717) is 19.6 Å². The van der Waals surface area contributed by atoms with Crippen LogP contribution in [0.2, 0.25) is 0 Å². The monoisotopic (exact) mass is 398 g/mol. The lowest BCUT2D eigenvalue weighted by molar-refractivity contribution is 0.163. The van der Waals surface area contributed by atoms with Crippen molar-refractivity contribution in [3.63, 3.8) is 0 Å². The van der Waals surface area contributed by atoms with Gasteiger partial charge in [0.05, 0.1) is 47.4 Å². The van der Waals surface area contributed by atoms with Crippen LogP contribution in [0.5, 0.6) is 0 Å². The largest absolute Gasteiger partial charge is 0.394 e. The van der Waals surface area contributed by atoms with Crippen molar-refractivity contribution in [2.45, 2.75) is 20.8 Å². The van der Waals surface area contributed by atoms with Gasteiger partial charge in [-0.25, -0.2) is 0 Å². The Morgan fingerprint density at radius 3 is 1.07 bits per heavy atom. The van der Waals surface area contributed by atoms with Crippen molar-refractivity contribution < 1.29 is 10.2 Å². The lowest BCUT2D eigenvalue weighted by Crippen LogP contribution is -2.23. The van der Waals surface area contributed by atoms with Gasteiger partial charge in [0.25, 0.3) is 0 Å². The summed E-state index contributed by atoms with van der Waals surface area (Å²) in [4.78, 5) is 38.0. The molecule has 2 N–H and O–H groups in total. The zero-order valence-electron chi connectivity index (χ0n) is 17.1. The van der Waals surface area contributed by atoms with Crippen LogP contribution < -0.4 is 0 Å². The Morgan fingerprint density at radius 2 is 1.00 bits per heavy atom. The fraction of sp³-hybridized carbons (Fsp3) is 1.00. The summed E-state index contributed by atoms with van der Waals surface area (Å²) >= 11 is 0. The third kappa shape index (κ3) is 35.5. The summed E-state index contributed by atoms with van der Waals surface area (Å²) < 4.78 is 0. The van der Waals surface area contributed by atoms with E-state index in [1.165, 1.54) is 15.0 Å². The average Bonchev–Trinajstić information content (AvgIpc) is 2.69. The van der Waals surface area contributed by atoms with E-state index in [0.717, 1.165) is 5.01 Å². The van der Waals surface area contributed by atoms with Crippen molar-refractivity contribution in [2.75, 3.05) is 67.1 Å². The first-order chi connectivity index (χ1) is 12.8. The maximum atomic E-state index is 9.74. The topological polar surface area (TPSA) is 171 Å². The van der Waals surface area contributed by atoms with Crippen LogP contribution in [0.4, 0.5) is 0 Å². The summed E-state index contributed by atoms with van der Waals surface area (Å²) in [6.07, 6.45) is 0. The molecule has 27 heavy (non-hydrogen) atoms. The second-order valence-electron chi connectivity index (χ2n) is 4.69. The first-order valence-electron chi connectivity index (χ1n) is 8.21. The van der Waals surface area contributed by atoms with Crippen LogP contribution in [0.1, 0.15) is 20.8 Å². The quantitative estimate of drug-likeness (QED) is 0.375. The minimum absolute atomic E-state index is 0.119. The van der Waals surface area contributed by atoms with Crippen LogP contribution in [0.15, 0.2) is 21.1 Å². The highest BCUT2D eigenvalue weighted by molar-refractivity contribution is 4.46. The van der Waals surface area contributed by atoms with E-state index in [-0.39, 0.29) is 26.3 Å². The van der Waals surface area contributed by atoms with E-state index in [1.807, 2.05) is 20.8 Å². The van der Waals surface area contributed by atoms with E-state index in [2.05, 4.69) is 21.1 Å². The average molecular weight is 398 g/mol. The normalized spacial score (nSPS) is 8.15. The molecule has 0 aliphatic carbocycles. The maximum absolute atomic E-state index is 9.74. The van der Waals surface area contributed by atoms with Gasteiger partial charge < -0.3 is 10.2 Å². The Bertz CT molecular complexity index is 328. The maximum Gasteiger partial charge on any atom is 0.0625 e. The number of hydrogen-bond acceptors (Lipinski definition) is 10. The van der Waals surface area contributed by atoms with Gasteiger partial charge in [-0.2, -0.15) is 0 Å². The zero-order valence-corrected chi connectivity index (χ0v) is 17.1. The minimum Gasteiger partial charge on any atom is -0.394 e. The second-order valence-corrected chi connectivity index (χ2v) is 4.69. The Hall–Kier alpha value is -2.48. The lowest BCUT2D eigenvalue weighted by atomic mass is 10.6. The van der Waals surface area contributed by atoms with Gasteiger partial charge in [-0.3, -0.25) is 20.0 Å². The molecule has 0 spiro atoms. The molecule has 0 aliphatic heterocycles. The van der Waals surface area contributed by atoms with Gasteiger partial charge in [0.15, 0.2) is 0 Å². The molecule has 162 valence electrons. The van der Waals surface area contributed by atoms with Gasteiger partial charge in [0.2, 0.25) is 0 Å². The van der Waals surface area contributed by atoms with Crippen LogP contribution in [0.3, 0.4) is 0 Å². The molecular formula is C13H34N8O6. The molecule has 0 saturated heterocycles. The van der Waals surface area contributed by atoms with Gasteiger partial charge >= 0.3 is 0 Å². The molecule has 0 heterocycles. The van der Waals surface area contributed by atoms with Crippen LogP contribution >= 0.6 is 0 Å². The number of aliphatic hydroxyl groups excluding tert-OH is 2. The number of rotatable bonds is 11. The molecule has 0 atom stereocenters. The van der Waals surface area contributed by atoms with Crippen LogP contribution in [-0.4, -0.2) is 97.3 Å². The van der Waals surface area contributed by atoms with Gasteiger partial charge in [-0.1, -0.05) is 0 Å². The highest BCUT2D eigenvalue weighted by Crippen LogP contribution is 1.84. The standard InChI is InChI=1S/C4H10N2O3.C4H10N2O.C3H8N2O.C2H6N2O/c7-3-1-6(5-9)2-4-8;1-3-6(4-2)5-7;1-3-5(2)4-6;1-4(2)3-5/h7-8H,1-4H2;3-4H2,1-2H3;3H2,1-2H3;1-2H3. The SMILES string of the molecule is CCN(C)N=O.CCN(CC)N=O.CN(C)N=O.O=NN(CCO)CCO. The minimum atomic E-state index is -0.119. The third-order valence-corrected chi connectivity index (χ3v) is 2.44. The summed E-state index contributed by atoms with van der Waals surface area (Å²) in [5.74, 6) is 0. The van der Waals surface area contributed by atoms with Crippen molar-refractivity contribution in [3.05, 3.63) is 19.6 Å². The Morgan fingerprint density at radius 1 is 0.630 bits per heavy atom. The molecule has 0 radical (unpaired) electrons. The Balaban J connectivity index is -0.000000134. The first kappa shape index (κ1) is 32.2. The fourth-order valence-corrected chi connectivity index (χ4v) is 0.821. The zero-order chi connectivity index (χ0) is 22.1. The molecule has 14 heteroatoms. The molecule has 0 unspecified atom stereocenters. The highest BCUT2D eigenvalue weighted by atomic mass is 16.3. The summed E-state index contributed by atoms with van der Waals surface area (Å²) in [7, 11) is 4.78. The lowest BCUT2D eigenvalue weighted by Gasteiger charge is -2.10. The molecule has 0 aromatic heterocycles. The van der Waals surface area contributed by atoms with E-state index < -0.39 is 0 Å². The molecule has 0 aliphatic rings. The molecule has 0 aromatic carbocycles. The van der Waals surface area contributed by atoms with Gasteiger partial charge in [-0.05, 0) is 20.8 Å². The summed E-state index contributed by atoms with van der Waals surface area (Å²) in [6.45, 7) is 7.88. The highest BCUT2D eigenvalue weighted by Gasteiger charge is 1.97. The first-order valence-corrected chi connectivity index (χ1v) is 8.21. The fourth-order valence-electron chi connectivity index (χ4n) is 0.821. The summed E-state index contributed by atoms with van der Waals surface area (Å²) in [5.41, 5.74) is 0. The molecule has 0 bridgehead atoms. The van der Waals surface area contributed by atoms with Crippen molar-refractivity contribution in [3.8, 4) is 0 Å². The van der Waals surface area contributed by atoms with Gasteiger partial charge in [-0.15, -0.1) is 19.6 Å². The molecule has 14 nitrogen and oxygen atoms in total. The van der Waals surface area contributed by atoms with Crippen molar-refractivity contribution in [1.29, 1.82) is 0 Å². The molecule has 0 aromatic rings. The third-order valence-electron chi connectivity index (χ3n) is 2.44. The number of aliphatic hydroxyl groups is 2. The molecular weight excluding hydrogens is 364 g/mol. The predicted octanol–water partition coefficient (Wildman–Crippen LogP) is 0.813. The van der Waals surface area contributed by atoms with E-state index in [1.54, 1.807) is 21.1 Å². The van der Waals surface area contributed by atoms with Crippen molar-refractivity contribution in [1.82, 2.24) is 20.0 Å². The van der Waals surface area contributed by atoms with Crippen LogP contribution in [0, 0.1) is 19.6 Å². The van der Waals surface area contributed by atoms with Crippen LogP contribution in [0.25, 0.3) is 0 Å². The Labute approximate surface area is 159 Å². The van der Waals surface area contributed by atoms with Crippen molar-refractivity contribution in [2.24, 2.45) is 21.1 Å². The molecule has 0 rings (SSSR count). The van der Waals surface area contributed by atoms with Gasteiger partial charge in [0.1, 0.15) is 0 Å². The molecule has 0 saturated carbocycles. The Kier molecular flexibility index (Phi) is 33.8. The predicted molar refractivity (Wildman–Crippen MR) is 104 cm³/mol.